The van der Waals surface area contributed by atoms with E-state index < -0.39 is 0 Å². The highest BCUT2D eigenvalue weighted by Gasteiger charge is 2.15. The molecule has 2 rings (SSSR count). The van der Waals surface area contributed by atoms with Gasteiger partial charge >= 0.3 is 0 Å². The van der Waals surface area contributed by atoms with Crippen molar-refractivity contribution in [2.45, 2.75) is 31.8 Å². The SMILES string of the molecule is CN=C(NCCCN1CCCN(C)CC1)NCC1CCCO1.I. The largest absolute Gasteiger partial charge is 0.376 e. The van der Waals surface area contributed by atoms with Gasteiger partial charge in [0.15, 0.2) is 5.96 Å². The van der Waals surface area contributed by atoms with Gasteiger partial charge in [-0.15, -0.1) is 24.0 Å². The Kier molecular flexibility index (Phi) is 11.2. The average molecular weight is 439 g/mol. The highest BCUT2D eigenvalue weighted by atomic mass is 127. The van der Waals surface area contributed by atoms with Gasteiger partial charge in [-0.25, -0.2) is 0 Å². The molecule has 1 unspecified atom stereocenters. The van der Waals surface area contributed by atoms with Crippen LogP contribution in [0, 0.1) is 0 Å². The second kappa shape index (κ2) is 12.3. The van der Waals surface area contributed by atoms with E-state index in [2.05, 4.69) is 32.5 Å². The Bertz CT molecular complexity index is 336. The molecule has 0 bridgehead atoms. The van der Waals surface area contributed by atoms with E-state index in [-0.39, 0.29) is 24.0 Å². The van der Waals surface area contributed by atoms with Crippen molar-refractivity contribution in [2.75, 3.05) is 66.5 Å². The van der Waals surface area contributed by atoms with Gasteiger partial charge in [0.25, 0.3) is 0 Å². The van der Waals surface area contributed by atoms with Crippen molar-refractivity contribution in [1.29, 1.82) is 0 Å². The van der Waals surface area contributed by atoms with Gasteiger partial charge in [0.1, 0.15) is 0 Å². The van der Waals surface area contributed by atoms with Gasteiger partial charge in [0.05, 0.1) is 6.10 Å². The zero-order valence-corrected chi connectivity index (χ0v) is 17.1. The minimum Gasteiger partial charge on any atom is -0.376 e. The molecule has 6 nitrogen and oxygen atoms in total. The fourth-order valence-corrected chi connectivity index (χ4v) is 3.07. The van der Waals surface area contributed by atoms with Gasteiger partial charge in [0, 0.05) is 39.8 Å². The third-order valence-corrected chi connectivity index (χ3v) is 4.50. The average Bonchev–Trinajstić information content (AvgIpc) is 2.96. The first kappa shape index (κ1) is 20.9. The quantitative estimate of drug-likeness (QED) is 0.280. The minimum atomic E-state index is 0. The van der Waals surface area contributed by atoms with Crippen molar-refractivity contribution in [1.82, 2.24) is 20.4 Å². The van der Waals surface area contributed by atoms with Crippen molar-refractivity contribution >= 4 is 29.9 Å². The van der Waals surface area contributed by atoms with Crippen molar-refractivity contribution < 1.29 is 4.74 Å². The molecule has 2 aliphatic heterocycles. The van der Waals surface area contributed by atoms with E-state index in [1.165, 1.54) is 45.6 Å². The Morgan fingerprint density at radius 3 is 2.78 bits per heavy atom. The number of ether oxygens (including phenoxy) is 1. The van der Waals surface area contributed by atoms with Crippen LogP contribution in [0.3, 0.4) is 0 Å². The number of hydrogen-bond donors (Lipinski definition) is 2. The molecule has 136 valence electrons. The fraction of sp³-hybridized carbons (Fsp3) is 0.938. The van der Waals surface area contributed by atoms with Crippen LogP contribution in [0.1, 0.15) is 25.7 Å². The first-order valence-corrected chi connectivity index (χ1v) is 8.75. The van der Waals surface area contributed by atoms with E-state index in [4.69, 9.17) is 4.74 Å². The Hall–Kier alpha value is -0.120. The molecule has 2 N–H and O–H groups in total. The van der Waals surface area contributed by atoms with Crippen LogP contribution in [-0.4, -0.2) is 88.4 Å². The third kappa shape index (κ3) is 8.51. The second-order valence-electron chi connectivity index (χ2n) is 6.37. The molecule has 2 aliphatic rings. The number of likely N-dealkylation sites (N-methyl/N-ethyl adjacent to an activating group) is 1. The molecule has 7 heteroatoms. The Labute approximate surface area is 158 Å². The van der Waals surface area contributed by atoms with Gasteiger partial charge in [-0.1, -0.05) is 0 Å². The maximum Gasteiger partial charge on any atom is 0.191 e. The summed E-state index contributed by atoms with van der Waals surface area (Å²) in [6.07, 6.45) is 5.14. The summed E-state index contributed by atoms with van der Waals surface area (Å²) in [5.74, 6) is 0.895. The first-order valence-electron chi connectivity index (χ1n) is 8.75. The Balaban J connectivity index is 0.00000264. The second-order valence-corrected chi connectivity index (χ2v) is 6.37. The molecule has 2 saturated heterocycles. The van der Waals surface area contributed by atoms with Crippen LogP contribution >= 0.6 is 24.0 Å². The van der Waals surface area contributed by atoms with Crippen LogP contribution in [0.2, 0.25) is 0 Å². The molecule has 0 amide bonds. The van der Waals surface area contributed by atoms with Crippen LogP contribution in [0.25, 0.3) is 0 Å². The molecule has 0 saturated carbocycles. The van der Waals surface area contributed by atoms with E-state index in [1.54, 1.807) is 0 Å². The molecule has 0 aliphatic carbocycles. The highest BCUT2D eigenvalue weighted by Crippen LogP contribution is 2.10. The van der Waals surface area contributed by atoms with Gasteiger partial charge in [-0.05, 0) is 52.4 Å². The highest BCUT2D eigenvalue weighted by molar-refractivity contribution is 14.0. The van der Waals surface area contributed by atoms with Crippen LogP contribution in [0.15, 0.2) is 4.99 Å². The van der Waals surface area contributed by atoms with E-state index in [9.17, 15) is 0 Å². The van der Waals surface area contributed by atoms with Crippen molar-refractivity contribution in [3.05, 3.63) is 0 Å². The summed E-state index contributed by atoms with van der Waals surface area (Å²) < 4.78 is 5.62. The zero-order valence-electron chi connectivity index (χ0n) is 14.7. The van der Waals surface area contributed by atoms with Gasteiger partial charge < -0.3 is 25.2 Å². The molecular formula is C16H34IN5O. The molecule has 0 aromatic rings. The summed E-state index contributed by atoms with van der Waals surface area (Å²) in [6, 6.07) is 0. The number of halogens is 1. The maximum atomic E-state index is 5.62. The predicted octanol–water partition coefficient (Wildman–Crippen LogP) is 0.976. The Morgan fingerprint density at radius 2 is 2.04 bits per heavy atom. The number of nitrogens with zero attached hydrogens (tertiary/aromatic N) is 3. The van der Waals surface area contributed by atoms with Crippen molar-refractivity contribution in [3.63, 3.8) is 0 Å². The molecule has 2 fully saturated rings. The molecular weight excluding hydrogens is 405 g/mol. The summed E-state index contributed by atoms with van der Waals surface area (Å²) >= 11 is 0. The molecule has 2 heterocycles. The number of hydrogen-bond acceptors (Lipinski definition) is 4. The van der Waals surface area contributed by atoms with E-state index in [0.29, 0.717) is 6.10 Å². The van der Waals surface area contributed by atoms with Crippen LogP contribution in [0.5, 0.6) is 0 Å². The van der Waals surface area contributed by atoms with E-state index >= 15 is 0 Å². The lowest BCUT2D eigenvalue weighted by molar-refractivity contribution is 0.114. The molecule has 0 radical (unpaired) electrons. The smallest absolute Gasteiger partial charge is 0.191 e. The maximum absolute atomic E-state index is 5.62. The zero-order chi connectivity index (χ0) is 15.6. The predicted molar refractivity (Wildman–Crippen MR) is 107 cm³/mol. The molecule has 0 aromatic heterocycles. The summed E-state index contributed by atoms with van der Waals surface area (Å²) in [4.78, 5) is 9.28. The fourth-order valence-electron chi connectivity index (χ4n) is 3.07. The summed E-state index contributed by atoms with van der Waals surface area (Å²) in [5.41, 5.74) is 0. The van der Waals surface area contributed by atoms with Crippen LogP contribution < -0.4 is 10.6 Å². The first-order chi connectivity index (χ1) is 10.8. The lowest BCUT2D eigenvalue weighted by Crippen LogP contribution is -2.42. The van der Waals surface area contributed by atoms with Gasteiger partial charge in [-0.3, -0.25) is 4.99 Å². The summed E-state index contributed by atoms with van der Waals surface area (Å²) in [6.45, 7) is 8.76. The number of aliphatic imine (C=N–C) groups is 1. The van der Waals surface area contributed by atoms with Crippen molar-refractivity contribution in [3.8, 4) is 0 Å². The van der Waals surface area contributed by atoms with E-state index in [1.807, 2.05) is 7.05 Å². The topological polar surface area (TPSA) is 52.1 Å². The van der Waals surface area contributed by atoms with Gasteiger partial charge in [0.2, 0.25) is 0 Å². The van der Waals surface area contributed by atoms with Crippen LogP contribution in [0.4, 0.5) is 0 Å². The lowest BCUT2D eigenvalue weighted by atomic mass is 10.2. The normalized spacial score (nSPS) is 24.1. The molecule has 1 atom stereocenters. The third-order valence-electron chi connectivity index (χ3n) is 4.50. The number of rotatable bonds is 6. The van der Waals surface area contributed by atoms with Crippen LogP contribution in [-0.2, 0) is 4.74 Å². The summed E-state index contributed by atoms with van der Waals surface area (Å²) in [7, 11) is 4.05. The number of guanidine groups is 1. The number of nitrogens with one attached hydrogen (secondary N) is 2. The Morgan fingerprint density at radius 1 is 1.17 bits per heavy atom. The standard InChI is InChI=1S/C16H33N5O.HI/c1-17-16(19-14-15-6-3-13-22-15)18-7-4-9-21-10-5-8-20(2)11-12-21;/h15H,3-14H2,1-2H3,(H2,17,18,19);1H. The monoisotopic (exact) mass is 439 g/mol. The summed E-state index contributed by atoms with van der Waals surface area (Å²) in [5, 5.41) is 6.76. The van der Waals surface area contributed by atoms with Crippen molar-refractivity contribution in [2.24, 2.45) is 4.99 Å². The lowest BCUT2D eigenvalue weighted by Gasteiger charge is -2.20. The molecule has 23 heavy (non-hydrogen) atoms. The molecule has 0 spiro atoms. The minimum absolute atomic E-state index is 0. The van der Waals surface area contributed by atoms with Gasteiger partial charge in [-0.2, -0.15) is 0 Å². The molecule has 0 aromatic carbocycles. The van der Waals surface area contributed by atoms with E-state index in [0.717, 1.165) is 38.5 Å².